The first-order chi connectivity index (χ1) is 39.7. The van der Waals surface area contributed by atoms with E-state index < -0.39 is 123 Å². The van der Waals surface area contributed by atoms with Gasteiger partial charge in [-0.3, -0.25) is 56.2 Å². The number of aliphatic hydroxyl groups excluding tert-OH is 6. The number of hydrogen-bond acceptors (Lipinski definition) is 18. The van der Waals surface area contributed by atoms with Crippen LogP contribution in [0.25, 0.3) is 33.1 Å². The van der Waals surface area contributed by atoms with Crippen LogP contribution in [0.2, 0.25) is 0 Å². The summed E-state index contributed by atoms with van der Waals surface area (Å²) in [5.74, 6) is -5.90. The van der Waals surface area contributed by atoms with Crippen LogP contribution in [0.4, 0.5) is 60.5 Å². The molecule has 0 saturated heterocycles. The van der Waals surface area contributed by atoms with Crippen LogP contribution in [0, 0.1) is 45.6 Å². The summed E-state index contributed by atoms with van der Waals surface area (Å²) >= 11 is 5.72. The van der Waals surface area contributed by atoms with Crippen molar-refractivity contribution in [3.05, 3.63) is 181 Å². The minimum atomic E-state index is -1.27. The number of nitrogens with zero attached hydrogens (tertiary/aromatic N) is 9. The summed E-state index contributed by atoms with van der Waals surface area (Å²) < 4.78 is 94.2. The largest absolute Gasteiger partial charge is 0.394 e. The van der Waals surface area contributed by atoms with Gasteiger partial charge in [0.2, 0.25) is 17.5 Å². The Morgan fingerprint density at radius 2 is 0.667 bits per heavy atom. The van der Waals surface area contributed by atoms with Crippen LogP contribution in [0.5, 0.6) is 0 Å². The Labute approximate surface area is 507 Å². The zero-order valence-corrected chi connectivity index (χ0v) is 49.9. The first-order valence-corrected chi connectivity index (χ1v) is 27.3. The van der Waals surface area contributed by atoms with Crippen LogP contribution in [0.3, 0.4) is 0 Å². The van der Waals surface area contributed by atoms with E-state index in [2.05, 4.69) is 30.9 Å². The van der Waals surface area contributed by atoms with Gasteiger partial charge in [0.05, 0.1) is 91.9 Å². The molecule has 0 aliphatic rings. The second-order valence-corrected chi connectivity index (χ2v) is 21.9. The third-order valence-corrected chi connectivity index (χ3v) is 14.3. The summed E-state index contributed by atoms with van der Waals surface area (Å²) in [6, 6.07) is 12.4. The summed E-state index contributed by atoms with van der Waals surface area (Å²) in [4.78, 5) is 87.1. The number of halogens is 9. The van der Waals surface area contributed by atoms with Crippen molar-refractivity contribution in [1.29, 1.82) is 0 Å². The van der Waals surface area contributed by atoms with E-state index in [-0.39, 0.29) is 69.8 Å². The molecule has 444 valence electrons. The quantitative estimate of drug-likeness (QED) is 0.0526. The highest BCUT2D eigenvalue weighted by atomic mass is 127. The van der Waals surface area contributed by atoms with E-state index in [1.54, 1.807) is 18.2 Å². The molecule has 24 nitrogen and oxygen atoms in total. The van der Waals surface area contributed by atoms with Gasteiger partial charge in [0.15, 0.2) is 16.9 Å². The topological polar surface area (TPSA) is 328 Å². The number of aromatic nitrogens is 9. The maximum atomic E-state index is 14.7. The summed E-state index contributed by atoms with van der Waals surface area (Å²) in [5, 5.41) is 62.3. The number of nitrogens with one attached hydrogen (secondary N) is 3. The monoisotopic (exact) mass is 1510 g/mol. The molecule has 6 aromatic heterocycles. The average Bonchev–Trinajstić information content (AvgIpc) is 1.04. The minimum Gasteiger partial charge on any atom is -0.394 e. The number of rotatable bonds is 15. The maximum Gasteiger partial charge on any atom is 0.290 e. The highest BCUT2D eigenvalue weighted by Crippen LogP contribution is 2.30. The zero-order chi connectivity index (χ0) is 61.8. The Morgan fingerprint density at radius 3 is 0.881 bits per heavy atom. The van der Waals surface area contributed by atoms with Crippen molar-refractivity contribution in [3.8, 4) is 0 Å². The minimum absolute atomic E-state index is 0.112. The second kappa shape index (κ2) is 27.3. The molecular formula is C51H45F6I3N12O12. The molecule has 0 saturated carbocycles. The lowest BCUT2D eigenvalue weighted by Gasteiger charge is -2.15. The van der Waals surface area contributed by atoms with Crippen LogP contribution in [0.1, 0.15) is 0 Å². The first-order valence-electron chi connectivity index (χ1n) is 24.1. The predicted molar refractivity (Wildman–Crippen MR) is 320 cm³/mol. The molecule has 9 rings (SSSR count). The van der Waals surface area contributed by atoms with Crippen LogP contribution >= 0.6 is 67.8 Å². The maximum absolute atomic E-state index is 14.7. The van der Waals surface area contributed by atoms with Crippen LogP contribution in [-0.2, 0) is 40.8 Å². The number of hydrogen-bond donors (Lipinski definition) is 9. The molecule has 9 aromatic rings. The van der Waals surface area contributed by atoms with E-state index in [1.807, 2.05) is 67.8 Å². The number of fused-ring (bicyclic) bond motifs is 3. The van der Waals surface area contributed by atoms with Gasteiger partial charge < -0.3 is 46.6 Å². The van der Waals surface area contributed by atoms with Crippen molar-refractivity contribution in [2.24, 2.45) is 21.1 Å². The van der Waals surface area contributed by atoms with Gasteiger partial charge in [-0.05, 0) is 122 Å². The van der Waals surface area contributed by atoms with Crippen LogP contribution < -0.4 is 49.3 Å². The van der Waals surface area contributed by atoms with Gasteiger partial charge in [-0.2, -0.15) is 13.2 Å². The molecule has 0 aliphatic heterocycles. The molecule has 6 heterocycles. The SMILES string of the molecule is Cn1c(=O)c(F)c(Nc2ccc(I)cc2F)c2c(=O)n(C[C@@H](O)CO)cnc21.Cn1c(=O)c(F)c(Nc2ccc(I)cc2F)c2c(=O)n(C[C@@H](O)CO)cnc21.Cn1c(=O)c(F)c(Nc2ccc(I)cc2F)c2c(=O)n(C[C@@H](O)CO)cnc21. The molecule has 0 aliphatic carbocycles. The van der Waals surface area contributed by atoms with E-state index in [4.69, 9.17) is 15.3 Å². The van der Waals surface area contributed by atoms with E-state index in [0.717, 1.165) is 46.4 Å². The van der Waals surface area contributed by atoms with E-state index >= 15 is 0 Å². The number of pyridine rings is 3. The number of aryl methyl sites for hydroxylation is 3. The molecule has 0 spiro atoms. The standard InChI is InChI=1S/3C17H15F2IN4O4/c3*1-23-15-12(16(27)24(7-21-15)5-9(26)6-25)14(13(19)17(23)28)22-11-3-2-8(20)4-10(11)18/h3*2-4,7,9,22,25-26H,5-6H2,1H3/t3*9-/m111/s1. The molecule has 84 heavy (non-hydrogen) atoms. The van der Waals surface area contributed by atoms with Crippen LogP contribution in [0.15, 0.2) is 102 Å². The average molecular weight is 1510 g/mol. The lowest BCUT2D eigenvalue weighted by molar-refractivity contribution is 0.0802. The molecule has 3 aromatic carbocycles. The molecule has 0 fully saturated rings. The Hall–Kier alpha value is -7.14. The van der Waals surface area contributed by atoms with E-state index in [1.165, 1.54) is 57.5 Å². The Bertz CT molecular complexity index is 3970. The first kappa shape index (κ1) is 64.4. The van der Waals surface area contributed by atoms with Crippen molar-refractivity contribution in [2.45, 2.75) is 37.9 Å². The van der Waals surface area contributed by atoms with Gasteiger partial charge in [0, 0.05) is 31.9 Å². The van der Waals surface area contributed by atoms with Gasteiger partial charge >= 0.3 is 0 Å². The van der Waals surface area contributed by atoms with Gasteiger partial charge in [0.1, 0.15) is 52.6 Å². The number of aliphatic hydroxyl groups is 6. The van der Waals surface area contributed by atoms with Crippen LogP contribution in [-0.4, -0.2) is 111 Å². The summed E-state index contributed by atoms with van der Waals surface area (Å²) in [7, 11) is 3.76. The van der Waals surface area contributed by atoms with Crippen molar-refractivity contribution >= 4 is 135 Å². The third-order valence-electron chi connectivity index (χ3n) is 12.3. The molecule has 0 bridgehead atoms. The van der Waals surface area contributed by atoms with Gasteiger partial charge in [-0.25, -0.2) is 28.1 Å². The molecule has 0 amide bonds. The highest BCUT2D eigenvalue weighted by molar-refractivity contribution is 14.1. The highest BCUT2D eigenvalue weighted by Gasteiger charge is 2.25. The Morgan fingerprint density at radius 1 is 0.429 bits per heavy atom. The lowest BCUT2D eigenvalue weighted by Crippen LogP contribution is -2.32. The third kappa shape index (κ3) is 13.7. The summed E-state index contributed by atoms with van der Waals surface area (Å²) in [6.45, 7) is -2.65. The van der Waals surface area contributed by atoms with Crippen molar-refractivity contribution in [3.63, 3.8) is 0 Å². The fourth-order valence-electron chi connectivity index (χ4n) is 8.01. The number of benzene rings is 3. The molecule has 0 unspecified atom stereocenters. The second-order valence-electron chi connectivity index (χ2n) is 18.1. The van der Waals surface area contributed by atoms with Gasteiger partial charge in [-0.1, -0.05) is 0 Å². The molecule has 33 heteroatoms. The van der Waals surface area contributed by atoms with Crippen molar-refractivity contribution < 1.29 is 57.0 Å². The summed E-state index contributed by atoms with van der Waals surface area (Å²) in [6.07, 6.45) is -0.472. The Balaban J connectivity index is 0.000000181. The molecular weight excluding hydrogens is 1470 g/mol. The van der Waals surface area contributed by atoms with E-state index in [9.17, 15) is 70.4 Å². The lowest BCUT2D eigenvalue weighted by atomic mass is 10.2. The Kier molecular flexibility index (Phi) is 20.9. The fourth-order valence-corrected chi connectivity index (χ4v) is 9.37. The normalized spacial score (nSPS) is 12.4. The number of anilines is 6. The van der Waals surface area contributed by atoms with Crippen molar-refractivity contribution in [1.82, 2.24) is 42.4 Å². The molecule has 0 radical (unpaired) electrons. The molecule has 9 N–H and O–H groups in total. The van der Waals surface area contributed by atoms with Gasteiger partial charge in [-0.15, -0.1) is 0 Å². The zero-order valence-electron chi connectivity index (χ0n) is 43.5. The van der Waals surface area contributed by atoms with E-state index in [0.29, 0.717) is 10.7 Å². The molecule has 3 atom stereocenters. The summed E-state index contributed by atoms with van der Waals surface area (Å²) in [5.41, 5.74) is -7.66. The predicted octanol–water partition coefficient (Wildman–Crippen LogP) is 3.22. The van der Waals surface area contributed by atoms with Gasteiger partial charge in [0.25, 0.3) is 33.4 Å². The smallest absolute Gasteiger partial charge is 0.290 e. The van der Waals surface area contributed by atoms with Crippen molar-refractivity contribution in [2.75, 3.05) is 35.8 Å². The fraction of sp³-hybridized carbons (Fsp3) is 0.235.